The van der Waals surface area contributed by atoms with E-state index in [9.17, 15) is 73.2 Å². The van der Waals surface area contributed by atoms with Gasteiger partial charge in [0.15, 0.2) is 0 Å². The number of unbranched alkanes of at least 4 members (excludes halogenated alkanes) is 2. The third kappa shape index (κ3) is 28.2. The van der Waals surface area contributed by atoms with E-state index < -0.39 is 250 Å². The number of carbonyl (C=O) groups is 18. The number of aldehydes is 1. The Labute approximate surface area is 766 Å². The molecular weight excluding hydrogens is 1730 g/mol. The predicted molar refractivity (Wildman–Crippen MR) is 478 cm³/mol. The number of imidazole rings is 1. The van der Waals surface area contributed by atoms with Crippen molar-refractivity contribution in [3.8, 4) is 5.75 Å². The van der Waals surface area contributed by atoms with Gasteiger partial charge in [0.2, 0.25) is 100 Å². The lowest BCUT2D eigenvalue weighted by atomic mass is 10.00. The lowest BCUT2D eigenvalue weighted by Crippen LogP contribution is -2.62. The Bertz CT molecular complexity index is 5120. The van der Waals surface area contributed by atoms with E-state index >= 15 is 33.6 Å². The first-order valence-electron chi connectivity index (χ1n) is 44.5. The Kier molecular flexibility index (Phi) is 38.3. The molecule has 0 radical (unpaired) electrons. The number of phenolic OH excluding ortho intramolecular Hbond substituents is 1. The first-order valence-corrected chi connectivity index (χ1v) is 44.5. The summed E-state index contributed by atoms with van der Waals surface area (Å²) >= 11 is 0. The highest BCUT2D eigenvalue weighted by Crippen LogP contribution is 2.28. The van der Waals surface area contributed by atoms with Crippen molar-refractivity contribution in [2.24, 2.45) is 11.5 Å². The zero-order chi connectivity index (χ0) is 96.9. The van der Waals surface area contributed by atoms with Crippen molar-refractivity contribution in [1.82, 2.24) is 103 Å². The van der Waals surface area contributed by atoms with Gasteiger partial charge in [0.25, 0.3) is 0 Å². The molecule has 17 amide bonds. The number of aromatic amines is 3. The molecule has 1 unspecified atom stereocenters. The number of benzene rings is 3. The molecule has 3 aromatic heterocycles. The number of hydrogen-bond donors (Lipinski definition) is 20. The van der Waals surface area contributed by atoms with E-state index in [2.05, 4.69) is 78.4 Å². The Hall–Kier alpha value is -13.8. The molecule has 22 N–H and O–H groups in total. The highest BCUT2D eigenvalue weighted by atomic mass is 16.3. The molecular formula is C89H122N22O22. The number of aromatic hydroxyl groups is 1. The van der Waals surface area contributed by atoms with Crippen molar-refractivity contribution in [3.63, 3.8) is 0 Å². The maximum atomic E-state index is 15.6. The summed E-state index contributed by atoms with van der Waals surface area (Å²) in [5.74, 6) is -16.5. The third-order valence-electron chi connectivity index (χ3n) is 24.0. The fourth-order valence-corrected chi connectivity index (χ4v) is 16.4. The van der Waals surface area contributed by atoms with E-state index in [1.165, 1.54) is 64.9 Å². The summed E-state index contributed by atoms with van der Waals surface area (Å²) in [6.45, 7) is 0.816. The number of aliphatic hydroxyl groups is 3. The summed E-state index contributed by atoms with van der Waals surface area (Å²) in [6, 6.07) is -2.81. The zero-order valence-electron chi connectivity index (χ0n) is 75.1. The maximum Gasteiger partial charge on any atom is 0.246 e. The van der Waals surface area contributed by atoms with Gasteiger partial charge in [-0.3, -0.25) is 81.5 Å². The number of carbonyl (C=O) groups excluding carboxylic acids is 18. The highest BCUT2D eigenvalue weighted by Gasteiger charge is 2.47. The van der Waals surface area contributed by atoms with Crippen LogP contribution in [0, 0.1) is 0 Å². The minimum atomic E-state index is -1.92. The number of nitrogens with zero attached hydrogens (tertiary/aromatic N) is 6. The number of likely N-dealkylation sites (N-methyl/N-ethyl adjacent to an activating group) is 3. The van der Waals surface area contributed by atoms with Crippen LogP contribution in [0.5, 0.6) is 5.75 Å². The first-order chi connectivity index (χ1) is 63.6. The van der Waals surface area contributed by atoms with Crippen LogP contribution in [0.2, 0.25) is 0 Å². The number of nitrogens with one attached hydrogen (secondary N) is 14. The lowest BCUT2D eigenvalue weighted by Gasteiger charge is -2.36. The van der Waals surface area contributed by atoms with Crippen molar-refractivity contribution in [2.45, 2.75) is 227 Å². The molecule has 0 saturated carbocycles. The topological polar surface area (TPSA) is 649 Å². The Morgan fingerprint density at radius 1 is 0.526 bits per heavy atom. The summed E-state index contributed by atoms with van der Waals surface area (Å²) in [5.41, 5.74) is 13.9. The van der Waals surface area contributed by atoms with Crippen LogP contribution in [0.4, 0.5) is 0 Å². The second kappa shape index (κ2) is 49.5. The minimum absolute atomic E-state index is 0.00990. The molecule has 720 valence electrons. The second-order valence-electron chi connectivity index (χ2n) is 33.6. The summed E-state index contributed by atoms with van der Waals surface area (Å²) in [5, 5.41) is 73.4. The molecule has 0 bridgehead atoms. The fourth-order valence-electron chi connectivity index (χ4n) is 16.4. The molecule has 15 atom stereocenters. The van der Waals surface area contributed by atoms with E-state index in [0.717, 1.165) is 24.5 Å². The van der Waals surface area contributed by atoms with E-state index in [-0.39, 0.29) is 88.7 Å². The van der Waals surface area contributed by atoms with E-state index in [0.29, 0.717) is 70.5 Å². The monoisotopic (exact) mass is 1850 g/mol. The quantitative estimate of drug-likeness (QED) is 0.0253. The van der Waals surface area contributed by atoms with Crippen molar-refractivity contribution >= 4 is 129 Å². The number of para-hydroxylation sites is 2. The minimum Gasteiger partial charge on any atom is -0.508 e. The fraction of sp³-hybridized carbons (Fsp3) is 0.517. The second-order valence-corrected chi connectivity index (χ2v) is 33.6. The number of phenols is 1. The lowest BCUT2D eigenvalue weighted by molar-refractivity contribution is -0.149. The van der Waals surface area contributed by atoms with Crippen LogP contribution >= 0.6 is 0 Å². The number of aromatic nitrogens is 4. The van der Waals surface area contributed by atoms with E-state index in [4.69, 9.17) is 11.5 Å². The molecule has 9 rings (SSSR count). The van der Waals surface area contributed by atoms with Crippen LogP contribution in [-0.2, 0) is 112 Å². The van der Waals surface area contributed by atoms with Crippen molar-refractivity contribution < 1.29 is 107 Å². The van der Waals surface area contributed by atoms with Crippen LogP contribution in [0.1, 0.15) is 133 Å². The third-order valence-corrected chi connectivity index (χ3v) is 24.0. The van der Waals surface area contributed by atoms with Crippen LogP contribution < -0.4 is 70.0 Å². The number of primary amides is 2. The molecule has 3 fully saturated rings. The summed E-state index contributed by atoms with van der Waals surface area (Å²) in [6.07, 6.45) is 2.70. The number of amides is 17. The number of hydrogen-bond acceptors (Lipinski definition) is 24. The number of nitrogens with two attached hydrogens (primary N) is 2. The molecule has 3 saturated heterocycles. The molecule has 133 heavy (non-hydrogen) atoms. The Balaban J connectivity index is 1.07. The van der Waals surface area contributed by atoms with Gasteiger partial charge in [-0.25, -0.2) is 4.98 Å². The Morgan fingerprint density at radius 2 is 1.05 bits per heavy atom. The number of rotatable bonds is 24. The van der Waals surface area contributed by atoms with Gasteiger partial charge in [-0.05, 0) is 99.4 Å². The molecule has 44 heteroatoms. The van der Waals surface area contributed by atoms with Crippen LogP contribution in [0.3, 0.4) is 0 Å². The van der Waals surface area contributed by atoms with Gasteiger partial charge >= 0.3 is 0 Å². The van der Waals surface area contributed by atoms with E-state index in [1.54, 1.807) is 60.9 Å². The standard InChI is InChI=1S/C89H122N22O22/c1-7-9-22-69-82(126)106-68(47-114)80(124)99-60(77(121)96-43-74(91)118)21-15-32-92-44-75(119)98-65(35-50-25-27-54(115)28-26-50)85(129)107(4)49(3)76(120)100-62(31-34-112)87(131)110-33-16-24-70(110)83(127)103-64(38-53-42-93-48-97-53)79(123)101-61(29-30-73(90)117)88(132)111-45-55(116)39-72(111)84(128)102-63(36-51-40-94-58-19-13-11-17-56(51)58)78(122)105-67(46-113)81(125)104-66(37-52-41-95-59-20-14-12-18-57(52)59)86(130)109(6)71(23-10-8-2)89(133)108(69)5/h11-14,17-20,25-28,34,40-42,48-49,55,60-72,92,94-95,113-116H,7-10,15-16,21-24,29-33,35-39,43-47H2,1-6H3,(H2,90,117)(H2,91,118)(H,93,97)(H,96,121)(H,98,119)(H,99,124)(H,100,120)(H,101,123)(H,102,128)(H,103,127)(H,104,125)(H,105,122)(H,106,126)/t49-,55+,60-,61-,62?,63-,64-,65-,66-,67-,68-,69-,70-,71-,72-/m0/s1. The molecule has 44 nitrogen and oxygen atoms in total. The van der Waals surface area contributed by atoms with Gasteiger partial charge in [0.1, 0.15) is 96.6 Å². The first kappa shape index (κ1) is 103. The van der Waals surface area contributed by atoms with Gasteiger partial charge in [-0.1, -0.05) is 88.1 Å². The predicted octanol–water partition coefficient (Wildman–Crippen LogP) is -4.63. The highest BCUT2D eigenvalue weighted by molar-refractivity contribution is 6.02. The molecule has 3 aromatic carbocycles. The average Bonchev–Trinajstić information content (AvgIpc) is 1.74. The van der Waals surface area contributed by atoms with Crippen molar-refractivity contribution in [2.75, 3.05) is 67.1 Å². The Morgan fingerprint density at radius 3 is 1.65 bits per heavy atom. The van der Waals surface area contributed by atoms with Gasteiger partial charge < -0.3 is 135 Å². The van der Waals surface area contributed by atoms with Crippen molar-refractivity contribution in [1.29, 1.82) is 0 Å². The van der Waals surface area contributed by atoms with Gasteiger partial charge in [0, 0.05) is 125 Å². The smallest absolute Gasteiger partial charge is 0.246 e. The van der Waals surface area contributed by atoms with Gasteiger partial charge in [0.05, 0.1) is 38.7 Å². The molecule has 6 aromatic rings. The van der Waals surface area contributed by atoms with Crippen LogP contribution in [0.15, 0.2) is 97.7 Å². The summed E-state index contributed by atoms with van der Waals surface area (Å²) < 4.78 is 0. The average molecular weight is 1850 g/mol. The largest absolute Gasteiger partial charge is 0.508 e. The molecule has 6 heterocycles. The van der Waals surface area contributed by atoms with Crippen LogP contribution in [-0.4, -0.2) is 329 Å². The normalized spacial score (nSPS) is 25.1. The molecule has 0 aliphatic carbocycles. The number of H-pyrrole nitrogens is 3. The molecule has 3 aliphatic rings. The van der Waals surface area contributed by atoms with Gasteiger partial charge in [-0.2, -0.15) is 0 Å². The SMILES string of the molecule is CCCC[C@H]1C(=O)N(C)[C@@H](CCCC)C(=O)N[C@@H](CO)C(=O)N[C@H](C(=O)NCC(N)=O)CCCNCC(=O)N[C@@H](Cc2ccc(O)cc2)C(=O)N(C)[C@@H](C)C(=O)NC(CC=O)C(=O)N2CCC[C@H]2C(=O)N[C@@H](Cc2cnc[nH]2)C(=O)N[C@@H](CCC(N)=O)C(=O)N2C[C@H](O)C[C@H]2C(=O)N[C@@H](Cc2c[nH]c3ccccc23)C(=O)N[C@@H](CO)C(=O)N[C@@H](Cc2c[nH]c3ccccc23)C(=O)N1C. The molecule has 3 aliphatic heterocycles. The summed E-state index contributed by atoms with van der Waals surface area (Å²) in [4.78, 5) is 278. The number of aliphatic hydroxyl groups excluding tert-OH is 3. The number of fused-ring (bicyclic) bond motifs is 4. The van der Waals surface area contributed by atoms with E-state index in [1.807, 2.05) is 13.8 Å². The summed E-state index contributed by atoms with van der Waals surface area (Å²) in [7, 11) is 3.86. The van der Waals surface area contributed by atoms with Crippen LogP contribution in [0.25, 0.3) is 21.8 Å². The van der Waals surface area contributed by atoms with Gasteiger partial charge in [-0.15, -0.1) is 0 Å². The maximum absolute atomic E-state index is 15.6. The molecule has 0 spiro atoms. The van der Waals surface area contributed by atoms with Crippen molar-refractivity contribution in [3.05, 3.63) is 120 Å². The zero-order valence-corrected chi connectivity index (χ0v) is 75.1.